The van der Waals surface area contributed by atoms with Crippen LogP contribution in [0.15, 0.2) is 0 Å². The van der Waals surface area contributed by atoms with E-state index in [-0.39, 0.29) is 47.1 Å². The number of alkyl halides is 2. The minimum absolute atomic E-state index is 0.0328. The number of carbonyl (C=O) groups excluding carboxylic acids is 2. The van der Waals surface area contributed by atoms with Gasteiger partial charge in [0.25, 0.3) is 0 Å². The summed E-state index contributed by atoms with van der Waals surface area (Å²) in [6.07, 6.45) is 0.178. The Morgan fingerprint density at radius 2 is 2.18 bits per heavy atom. The molecule has 1 saturated carbocycles. The molecule has 8 heteroatoms. The van der Waals surface area contributed by atoms with Gasteiger partial charge in [0.2, 0.25) is 5.91 Å². The number of ketones is 1. The van der Waals surface area contributed by atoms with Crippen LogP contribution in [0.3, 0.4) is 0 Å². The number of amides is 1. The molecule has 0 bridgehead atoms. The van der Waals surface area contributed by atoms with Gasteiger partial charge in [0.15, 0.2) is 0 Å². The molecule has 0 spiro atoms. The predicted molar refractivity (Wildman–Crippen MR) is 84.4 cm³/mol. The molecule has 1 heterocycles. The maximum absolute atomic E-state index is 13.8. The summed E-state index contributed by atoms with van der Waals surface area (Å²) < 4.78 is 18.8. The molecule has 2 rings (SSSR count). The second-order valence-electron chi connectivity index (χ2n) is 5.67. The maximum atomic E-state index is 13.8. The zero-order valence-corrected chi connectivity index (χ0v) is 14.1. The van der Waals surface area contributed by atoms with Gasteiger partial charge in [-0.05, 0) is 19.3 Å². The smallest absolute Gasteiger partial charge is 0.222 e. The molecule has 0 radical (unpaired) electrons. The molecule has 1 amide bonds. The second-order valence-corrected chi connectivity index (χ2v) is 7.77. The van der Waals surface area contributed by atoms with Crippen LogP contribution in [0.5, 0.6) is 0 Å². The zero-order chi connectivity index (χ0) is 16.1. The van der Waals surface area contributed by atoms with Crippen molar-refractivity contribution >= 4 is 35.1 Å². The average molecular weight is 353 g/mol. The van der Waals surface area contributed by atoms with Gasteiger partial charge < -0.3 is 10.1 Å². The van der Waals surface area contributed by atoms with Crippen molar-refractivity contribution < 1.29 is 18.7 Å². The number of hydrogen-bond acceptors (Lipinski definition) is 5. The number of methoxy groups -OCH3 is 1. The van der Waals surface area contributed by atoms with Crippen molar-refractivity contribution in [2.75, 3.05) is 13.7 Å². The number of carbonyl (C=O) groups is 2. The Balaban J connectivity index is 1.68. The molecule has 1 aliphatic carbocycles. The highest BCUT2D eigenvalue weighted by atomic mass is 35.5. The number of Topliss-reactive ketones (excluding diaryl/α,β-unsaturated/α-hetero) is 1. The molecule has 5 nitrogen and oxygen atoms in total. The van der Waals surface area contributed by atoms with Gasteiger partial charge in [-0.3, -0.25) is 14.9 Å². The summed E-state index contributed by atoms with van der Waals surface area (Å²) in [5.74, 6) is -0.512. The van der Waals surface area contributed by atoms with Gasteiger partial charge >= 0.3 is 0 Å². The van der Waals surface area contributed by atoms with Gasteiger partial charge in [-0.15, -0.1) is 23.4 Å². The van der Waals surface area contributed by atoms with Crippen LogP contribution < -0.4 is 10.6 Å². The van der Waals surface area contributed by atoms with Crippen molar-refractivity contribution in [2.45, 2.75) is 54.6 Å². The van der Waals surface area contributed by atoms with E-state index in [1.807, 2.05) is 0 Å². The number of nitrogens with one attached hydrogen (secondary N) is 2. The van der Waals surface area contributed by atoms with Crippen molar-refractivity contribution in [1.29, 1.82) is 0 Å². The van der Waals surface area contributed by atoms with E-state index in [2.05, 4.69) is 10.6 Å². The summed E-state index contributed by atoms with van der Waals surface area (Å²) in [7, 11) is 1.49. The first-order valence-corrected chi connectivity index (χ1v) is 8.89. The molecule has 0 aromatic carbocycles. The van der Waals surface area contributed by atoms with Crippen molar-refractivity contribution in [2.24, 2.45) is 5.92 Å². The Hall–Kier alpha value is -0.370. The lowest BCUT2D eigenvalue weighted by Gasteiger charge is -2.29. The van der Waals surface area contributed by atoms with E-state index < -0.39 is 12.3 Å². The SMILES string of the molecule is COC1CCC(C(=O)CCC(=O)NC2NCC(Cl)S2)CC1F. The number of thioether (sulfide) groups is 1. The van der Waals surface area contributed by atoms with Crippen LogP contribution in [-0.2, 0) is 14.3 Å². The van der Waals surface area contributed by atoms with Gasteiger partial charge in [-0.1, -0.05) is 0 Å². The van der Waals surface area contributed by atoms with Crippen LogP contribution in [0.4, 0.5) is 4.39 Å². The van der Waals surface area contributed by atoms with Crippen molar-refractivity contribution in [3.8, 4) is 0 Å². The van der Waals surface area contributed by atoms with E-state index in [0.29, 0.717) is 19.4 Å². The largest absolute Gasteiger partial charge is 0.378 e. The fourth-order valence-corrected chi connectivity index (χ4v) is 4.11. The van der Waals surface area contributed by atoms with Crippen LogP contribution in [0, 0.1) is 5.92 Å². The highest BCUT2D eigenvalue weighted by molar-refractivity contribution is 8.01. The Bertz CT molecular complexity index is 416. The molecule has 0 aromatic heterocycles. The quantitative estimate of drug-likeness (QED) is 0.713. The monoisotopic (exact) mass is 352 g/mol. The lowest BCUT2D eigenvalue weighted by molar-refractivity contribution is -0.129. The second kappa shape index (κ2) is 8.47. The molecule has 2 N–H and O–H groups in total. The molecule has 2 aliphatic rings. The van der Waals surface area contributed by atoms with Gasteiger partial charge in [-0.2, -0.15) is 0 Å². The minimum atomic E-state index is -1.10. The molecule has 1 saturated heterocycles. The highest BCUT2D eigenvalue weighted by Gasteiger charge is 2.34. The summed E-state index contributed by atoms with van der Waals surface area (Å²) in [6.45, 7) is 0.636. The summed E-state index contributed by atoms with van der Waals surface area (Å²) in [5.41, 5.74) is -0.197. The number of ether oxygens (including phenoxy) is 1. The Morgan fingerprint density at radius 3 is 2.77 bits per heavy atom. The first-order chi connectivity index (χ1) is 10.5. The van der Waals surface area contributed by atoms with E-state index in [1.54, 1.807) is 0 Å². The fourth-order valence-electron chi connectivity index (χ4n) is 2.83. The Labute approximate surface area is 139 Å². The standard InChI is InChI=1S/C14H22ClFN2O3S/c1-21-11-4-2-8(6-9(11)16)10(19)3-5-13(20)18-14-17-7-12(15)22-14/h8-9,11-12,14,17H,2-7H2,1H3,(H,18,20). The first-order valence-electron chi connectivity index (χ1n) is 7.51. The van der Waals surface area contributed by atoms with Crippen LogP contribution in [0.2, 0.25) is 0 Å². The lowest BCUT2D eigenvalue weighted by atomic mass is 9.82. The van der Waals surface area contributed by atoms with E-state index in [4.69, 9.17) is 16.3 Å². The number of halogens is 2. The summed E-state index contributed by atoms with van der Waals surface area (Å²) >= 11 is 7.34. The summed E-state index contributed by atoms with van der Waals surface area (Å²) in [6, 6.07) is 0. The maximum Gasteiger partial charge on any atom is 0.222 e. The molecule has 2 fully saturated rings. The van der Waals surface area contributed by atoms with Crippen LogP contribution in [0.1, 0.15) is 32.1 Å². The van der Waals surface area contributed by atoms with Crippen molar-refractivity contribution in [1.82, 2.24) is 10.6 Å². The molecule has 22 heavy (non-hydrogen) atoms. The van der Waals surface area contributed by atoms with E-state index in [9.17, 15) is 14.0 Å². The van der Waals surface area contributed by atoms with Gasteiger partial charge in [-0.25, -0.2) is 4.39 Å². The predicted octanol–water partition coefficient (Wildman–Crippen LogP) is 1.79. The van der Waals surface area contributed by atoms with Crippen molar-refractivity contribution in [3.63, 3.8) is 0 Å². The third-order valence-electron chi connectivity index (χ3n) is 4.11. The molecule has 1 aliphatic heterocycles. The third-order valence-corrected chi connectivity index (χ3v) is 5.59. The van der Waals surface area contributed by atoms with Crippen LogP contribution in [-0.4, -0.2) is 47.8 Å². The topological polar surface area (TPSA) is 67.4 Å². The number of hydrogen-bond donors (Lipinski definition) is 2. The average Bonchev–Trinajstić information content (AvgIpc) is 2.89. The third kappa shape index (κ3) is 5.08. The lowest BCUT2D eigenvalue weighted by Crippen LogP contribution is -2.40. The fraction of sp³-hybridized carbons (Fsp3) is 0.857. The molecule has 5 unspecified atom stereocenters. The molecular formula is C14H22ClFN2O3S. The van der Waals surface area contributed by atoms with Crippen LogP contribution in [0.25, 0.3) is 0 Å². The van der Waals surface area contributed by atoms with E-state index in [0.717, 1.165) is 0 Å². The summed E-state index contributed by atoms with van der Waals surface area (Å²) in [5, 5.41) is 5.83. The van der Waals surface area contributed by atoms with E-state index >= 15 is 0 Å². The number of rotatable bonds is 6. The normalized spacial score (nSPS) is 35.3. The van der Waals surface area contributed by atoms with Crippen molar-refractivity contribution in [3.05, 3.63) is 0 Å². The van der Waals surface area contributed by atoms with E-state index in [1.165, 1.54) is 18.9 Å². The van der Waals surface area contributed by atoms with Gasteiger partial charge in [0.05, 0.1) is 10.8 Å². The van der Waals surface area contributed by atoms with Gasteiger partial charge in [0.1, 0.15) is 17.5 Å². The molecule has 5 atom stereocenters. The highest BCUT2D eigenvalue weighted by Crippen LogP contribution is 2.30. The van der Waals surface area contributed by atoms with Gasteiger partial charge in [0, 0.05) is 32.4 Å². The molecule has 0 aromatic rings. The Morgan fingerprint density at radius 1 is 1.41 bits per heavy atom. The Kier molecular flexibility index (Phi) is 6.92. The molecule has 126 valence electrons. The van der Waals surface area contributed by atoms with Crippen LogP contribution >= 0.6 is 23.4 Å². The minimum Gasteiger partial charge on any atom is -0.378 e. The zero-order valence-electron chi connectivity index (χ0n) is 12.5. The first kappa shape index (κ1) is 18.0. The molecular weight excluding hydrogens is 331 g/mol. The summed E-state index contributed by atoms with van der Waals surface area (Å²) in [4.78, 5) is 23.9.